The summed E-state index contributed by atoms with van der Waals surface area (Å²) in [5.41, 5.74) is 0.877. The SMILES string of the molecule is O=[SH](=O)OCCC1(c2ccccc2)OCCO1. The van der Waals surface area contributed by atoms with Crippen molar-refractivity contribution >= 4 is 11.0 Å². The summed E-state index contributed by atoms with van der Waals surface area (Å²) in [5.74, 6) is -0.868. The number of thiol groups is 1. The summed E-state index contributed by atoms with van der Waals surface area (Å²) < 4.78 is 36.5. The third-order valence-electron chi connectivity index (χ3n) is 2.60. The topological polar surface area (TPSA) is 61.8 Å². The summed E-state index contributed by atoms with van der Waals surface area (Å²) in [5, 5.41) is 0. The van der Waals surface area contributed by atoms with Gasteiger partial charge in [0.1, 0.15) is 0 Å². The third kappa shape index (κ3) is 3.04. The highest BCUT2D eigenvalue weighted by Crippen LogP contribution is 2.34. The minimum Gasteiger partial charge on any atom is -0.343 e. The molecule has 6 heteroatoms. The van der Waals surface area contributed by atoms with Crippen LogP contribution in [0.4, 0.5) is 0 Å². The summed E-state index contributed by atoms with van der Waals surface area (Å²) in [7, 11) is -2.82. The Kier molecular flexibility index (Phi) is 4.11. The molecule has 2 rings (SSSR count). The standard InChI is InChI=1S/C11H14O5S/c12-17(13)16-7-6-11(14-8-9-15-11)10-4-2-1-3-5-10/h1-5,17H,6-9H2. The van der Waals surface area contributed by atoms with Crippen LogP contribution in [0.5, 0.6) is 0 Å². The lowest BCUT2D eigenvalue weighted by atomic mass is 10.0. The van der Waals surface area contributed by atoms with Crippen LogP contribution < -0.4 is 0 Å². The number of hydrogen-bond acceptors (Lipinski definition) is 5. The van der Waals surface area contributed by atoms with E-state index in [1.54, 1.807) is 0 Å². The summed E-state index contributed by atoms with van der Waals surface area (Å²) in [6.07, 6.45) is 0.348. The summed E-state index contributed by atoms with van der Waals surface area (Å²) in [6, 6.07) is 9.45. The van der Waals surface area contributed by atoms with Gasteiger partial charge in [0.2, 0.25) is 0 Å². The van der Waals surface area contributed by atoms with Crippen molar-refractivity contribution in [3.8, 4) is 0 Å². The van der Waals surface area contributed by atoms with Crippen molar-refractivity contribution in [2.75, 3.05) is 19.8 Å². The van der Waals surface area contributed by atoms with Gasteiger partial charge in [0.05, 0.1) is 19.8 Å². The Morgan fingerprint density at radius 2 is 1.82 bits per heavy atom. The van der Waals surface area contributed by atoms with Gasteiger partial charge in [-0.05, 0) is 0 Å². The molecule has 0 amide bonds. The van der Waals surface area contributed by atoms with E-state index < -0.39 is 16.8 Å². The molecule has 1 saturated heterocycles. The van der Waals surface area contributed by atoms with Crippen LogP contribution in [-0.2, 0) is 30.4 Å². The molecule has 0 bridgehead atoms. The van der Waals surface area contributed by atoms with Crippen LogP contribution in [0.25, 0.3) is 0 Å². The quantitative estimate of drug-likeness (QED) is 0.792. The van der Waals surface area contributed by atoms with Crippen LogP contribution in [-0.4, -0.2) is 28.2 Å². The van der Waals surface area contributed by atoms with Crippen molar-refractivity contribution in [3.63, 3.8) is 0 Å². The van der Waals surface area contributed by atoms with E-state index >= 15 is 0 Å². The molecule has 1 aliphatic heterocycles. The maximum Gasteiger partial charge on any atom is 0.257 e. The molecule has 0 radical (unpaired) electrons. The van der Waals surface area contributed by atoms with E-state index in [0.29, 0.717) is 19.6 Å². The number of rotatable bonds is 5. The normalized spacial score (nSPS) is 18.6. The Balaban J connectivity index is 2.10. The first kappa shape index (κ1) is 12.5. The largest absolute Gasteiger partial charge is 0.343 e. The Morgan fingerprint density at radius 1 is 1.18 bits per heavy atom. The van der Waals surface area contributed by atoms with Gasteiger partial charge in [-0.15, -0.1) is 0 Å². The Morgan fingerprint density at radius 3 is 2.41 bits per heavy atom. The molecule has 0 aromatic heterocycles. The van der Waals surface area contributed by atoms with Crippen LogP contribution in [0.15, 0.2) is 30.3 Å². The fraction of sp³-hybridized carbons (Fsp3) is 0.455. The first-order chi connectivity index (χ1) is 8.23. The first-order valence-electron chi connectivity index (χ1n) is 5.34. The zero-order chi connectivity index (χ0) is 12.1. The number of ether oxygens (including phenoxy) is 2. The average molecular weight is 258 g/mol. The lowest BCUT2D eigenvalue weighted by Crippen LogP contribution is -2.28. The van der Waals surface area contributed by atoms with Crippen molar-refractivity contribution in [1.29, 1.82) is 0 Å². The minimum absolute atomic E-state index is 0.0492. The van der Waals surface area contributed by atoms with E-state index in [1.165, 1.54) is 0 Å². The smallest absolute Gasteiger partial charge is 0.257 e. The van der Waals surface area contributed by atoms with Gasteiger partial charge < -0.3 is 9.47 Å². The van der Waals surface area contributed by atoms with Gasteiger partial charge in [0, 0.05) is 12.0 Å². The van der Waals surface area contributed by atoms with Gasteiger partial charge >= 0.3 is 0 Å². The van der Waals surface area contributed by atoms with Gasteiger partial charge in [-0.2, -0.15) is 0 Å². The van der Waals surface area contributed by atoms with E-state index in [-0.39, 0.29) is 6.61 Å². The van der Waals surface area contributed by atoms with Crippen LogP contribution in [0.3, 0.4) is 0 Å². The Hall–Kier alpha value is -0.950. The van der Waals surface area contributed by atoms with E-state index in [0.717, 1.165) is 5.56 Å². The van der Waals surface area contributed by atoms with Crippen LogP contribution in [0, 0.1) is 0 Å². The highest BCUT2D eigenvalue weighted by Gasteiger charge is 2.38. The molecule has 5 nitrogen and oxygen atoms in total. The van der Waals surface area contributed by atoms with Crippen LogP contribution >= 0.6 is 0 Å². The summed E-state index contributed by atoms with van der Waals surface area (Å²) in [6.45, 7) is 1.05. The second-order valence-electron chi connectivity index (χ2n) is 3.62. The molecule has 1 aromatic rings. The van der Waals surface area contributed by atoms with Gasteiger partial charge in [0.15, 0.2) is 5.79 Å². The molecule has 17 heavy (non-hydrogen) atoms. The highest BCUT2D eigenvalue weighted by molar-refractivity contribution is 7.67. The molecular formula is C11H14O5S. The molecular weight excluding hydrogens is 244 g/mol. The lowest BCUT2D eigenvalue weighted by Gasteiger charge is -2.27. The van der Waals surface area contributed by atoms with E-state index in [4.69, 9.17) is 9.47 Å². The highest BCUT2D eigenvalue weighted by atomic mass is 32.2. The maximum atomic E-state index is 10.3. The zero-order valence-corrected chi connectivity index (χ0v) is 10.1. The van der Waals surface area contributed by atoms with Crippen molar-refractivity contribution in [3.05, 3.63) is 35.9 Å². The molecule has 0 saturated carbocycles. The zero-order valence-electron chi connectivity index (χ0n) is 9.20. The molecule has 1 aliphatic rings. The predicted octanol–water partition coefficient (Wildman–Crippen LogP) is 0.819. The molecule has 0 N–H and O–H groups in total. The molecule has 0 atom stereocenters. The molecule has 0 aliphatic carbocycles. The van der Waals surface area contributed by atoms with E-state index in [2.05, 4.69) is 4.18 Å². The minimum atomic E-state index is -2.82. The first-order valence-corrected chi connectivity index (χ1v) is 6.43. The second kappa shape index (κ2) is 5.59. The molecule has 0 spiro atoms. The molecule has 0 unspecified atom stereocenters. The molecule has 94 valence electrons. The van der Waals surface area contributed by atoms with Crippen molar-refractivity contribution < 1.29 is 22.1 Å². The molecule has 1 fully saturated rings. The summed E-state index contributed by atoms with van der Waals surface area (Å²) >= 11 is 0. The fourth-order valence-electron chi connectivity index (χ4n) is 1.86. The Bertz CT molecular complexity index is 415. The van der Waals surface area contributed by atoms with Gasteiger partial charge in [-0.3, -0.25) is 4.18 Å². The second-order valence-corrected chi connectivity index (χ2v) is 4.33. The number of benzene rings is 1. The summed E-state index contributed by atoms with van der Waals surface area (Å²) in [4.78, 5) is 0. The third-order valence-corrected chi connectivity index (χ3v) is 2.99. The fourth-order valence-corrected chi connectivity index (χ4v) is 2.10. The van der Waals surface area contributed by atoms with E-state index in [9.17, 15) is 8.42 Å². The van der Waals surface area contributed by atoms with Gasteiger partial charge in [-0.25, -0.2) is 8.42 Å². The van der Waals surface area contributed by atoms with Gasteiger partial charge in [0.25, 0.3) is 11.0 Å². The average Bonchev–Trinajstić information content (AvgIpc) is 2.80. The van der Waals surface area contributed by atoms with E-state index in [1.807, 2.05) is 30.3 Å². The number of hydrogen-bond donors (Lipinski definition) is 1. The van der Waals surface area contributed by atoms with Gasteiger partial charge in [-0.1, -0.05) is 30.3 Å². The molecule has 1 aromatic carbocycles. The molecule has 1 heterocycles. The van der Waals surface area contributed by atoms with Crippen LogP contribution in [0.2, 0.25) is 0 Å². The lowest BCUT2D eigenvalue weighted by molar-refractivity contribution is -0.174. The predicted molar refractivity (Wildman–Crippen MR) is 60.9 cm³/mol. The Labute approximate surface area is 101 Å². The van der Waals surface area contributed by atoms with Crippen molar-refractivity contribution in [2.24, 2.45) is 0 Å². The van der Waals surface area contributed by atoms with Crippen LogP contribution in [0.1, 0.15) is 12.0 Å². The van der Waals surface area contributed by atoms with Crippen molar-refractivity contribution in [1.82, 2.24) is 0 Å². The monoisotopic (exact) mass is 258 g/mol. The van der Waals surface area contributed by atoms with Crippen molar-refractivity contribution in [2.45, 2.75) is 12.2 Å². The maximum absolute atomic E-state index is 10.3.